The standard InChI is InChI=1S/C11H13Cl2NO2/c1-11(2,10(15)16)9(14)6-3-7(12)5-8(13)4-6/h3-5,9H,14H2,1-2H3,(H,15,16)/t9-/m1/s1. The number of benzene rings is 1. The van der Waals surface area contributed by atoms with Crippen LogP contribution in [-0.4, -0.2) is 11.1 Å². The van der Waals surface area contributed by atoms with Gasteiger partial charge in [-0.05, 0) is 37.6 Å². The van der Waals surface area contributed by atoms with Gasteiger partial charge in [0.2, 0.25) is 0 Å². The van der Waals surface area contributed by atoms with E-state index in [4.69, 9.17) is 34.0 Å². The Morgan fingerprint density at radius 2 is 1.75 bits per heavy atom. The summed E-state index contributed by atoms with van der Waals surface area (Å²) in [6.07, 6.45) is 0. The van der Waals surface area contributed by atoms with E-state index in [1.54, 1.807) is 32.0 Å². The number of nitrogens with two attached hydrogens (primary N) is 1. The van der Waals surface area contributed by atoms with Gasteiger partial charge < -0.3 is 10.8 Å². The van der Waals surface area contributed by atoms with Crippen LogP contribution >= 0.6 is 23.2 Å². The third kappa shape index (κ3) is 2.67. The van der Waals surface area contributed by atoms with Crippen LogP contribution < -0.4 is 5.73 Å². The van der Waals surface area contributed by atoms with Gasteiger partial charge in [-0.25, -0.2) is 0 Å². The summed E-state index contributed by atoms with van der Waals surface area (Å²) in [7, 11) is 0. The van der Waals surface area contributed by atoms with Crippen molar-refractivity contribution in [3.05, 3.63) is 33.8 Å². The molecule has 1 rings (SSSR count). The first kappa shape index (κ1) is 13.3. The smallest absolute Gasteiger partial charge is 0.311 e. The van der Waals surface area contributed by atoms with Crippen LogP contribution in [0.2, 0.25) is 10.0 Å². The normalized spacial score (nSPS) is 13.6. The van der Waals surface area contributed by atoms with Gasteiger partial charge in [-0.2, -0.15) is 0 Å². The van der Waals surface area contributed by atoms with Crippen molar-refractivity contribution in [2.24, 2.45) is 11.1 Å². The molecule has 16 heavy (non-hydrogen) atoms. The number of halogens is 2. The fourth-order valence-electron chi connectivity index (χ4n) is 1.30. The Morgan fingerprint density at radius 3 is 2.12 bits per heavy atom. The highest BCUT2D eigenvalue weighted by Crippen LogP contribution is 2.34. The number of carboxylic acid groups (broad SMARTS) is 1. The highest BCUT2D eigenvalue weighted by Gasteiger charge is 2.35. The van der Waals surface area contributed by atoms with Gasteiger partial charge in [-0.1, -0.05) is 23.2 Å². The van der Waals surface area contributed by atoms with Crippen LogP contribution in [0.1, 0.15) is 25.5 Å². The van der Waals surface area contributed by atoms with E-state index in [9.17, 15) is 4.79 Å². The van der Waals surface area contributed by atoms with Crippen molar-refractivity contribution < 1.29 is 9.90 Å². The molecular weight excluding hydrogens is 249 g/mol. The van der Waals surface area contributed by atoms with Gasteiger partial charge in [0.1, 0.15) is 0 Å². The Bertz CT molecular complexity index is 398. The fraction of sp³-hybridized carbons (Fsp3) is 0.364. The van der Waals surface area contributed by atoms with Gasteiger partial charge >= 0.3 is 5.97 Å². The van der Waals surface area contributed by atoms with Crippen molar-refractivity contribution >= 4 is 29.2 Å². The summed E-state index contributed by atoms with van der Waals surface area (Å²) in [6.45, 7) is 3.13. The van der Waals surface area contributed by atoms with Crippen molar-refractivity contribution in [1.29, 1.82) is 0 Å². The molecule has 0 saturated carbocycles. The zero-order valence-electron chi connectivity index (χ0n) is 9.00. The highest BCUT2D eigenvalue weighted by atomic mass is 35.5. The molecule has 1 atom stereocenters. The third-order valence-corrected chi connectivity index (χ3v) is 3.01. The maximum Gasteiger partial charge on any atom is 0.311 e. The molecule has 0 fully saturated rings. The molecule has 0 aliphatic heterocycles. The highest BCUT2D eigenvalue weighted by molar-refractivity contribution is 6.34. The van der Waals surface area contributed by atoms with Crippen LogP contribution in [0.15, 0.2) is 18.2 Å². The number of hydrogen-bond acceptors (Lipinski definition) is 2. The maximum atomic E-state index is 11.1. The van der Waals surface area contributed by atoms with Crippen molar-refractivity contribution in [1.82, 2.24) is 0 Å². The number of carbonyl (C=O) groups is 1. The number of rotatable bonds is 3. The SMILES string of the molecule is CC(C)(C(=O)O)[C@H](N)c1cc(Cl)cc(Cl)c1. The summed E-state index contributed by atoms with van der Waals surface area (Å²) in [6, 6.07) is 4.17. The van der Waals surface area contributed by atoms with Gasteiger partial charge in [-0.3, -0.25) is 4.79 Å². The van der Waals surface area contributed by atoms with Gasteiger partial charge in [0.05, 0.1) is 5.41 Å². The van der Waals surface area contributed by atoms with Crippen LogP contribution in [0.4, 0.5) is 0 Å². The minimum Gasteiger partial charge on any atom is -0.481 e. The van der Waals surface area contributed by atoms with Gasteiger partial charge in [0, 0.05) is 16.1 Å². The Kier molecular flexibility index (Phi) is 3.84. The predicted octanol–water partition coefficient (Wildman–Crippen LogP) is 3.10. The van der Waals surface area contributed by atoms with E-state index in [2.05, 4.69) is 0 Å². The number of hydrogen-bond donors (Lipinski definition) is 2. The zero-order valence-corrected chi connectivity index (χ0v) is 10.5. The first-order valence-corrected chi connectivity index (χ1v) is 5.45. The van der Waals surface area contributed by atoms with Crippen LogP contribution in [0.3, 0.4) is 0 Å². The Hall–Kier alpha value is -0.770. The van der Waals surface area contributed by atoms with Gasteiger partial charge in [0.25, 0.3) is 0 Å². The summed E-state index contributed by atoms with van der Waals surface area (Å²) in [5.41, 5.74) is 5.45. The van der Waals surface area contributed by atoms with E-state index in [0.717, 1.165) is 0 Å². The average Bonchev–Trinajstić information content (AvgIpc) is 2.14. The summed E-state index contributed by atoms with van der Waals surface area (Å²) in [5, 5.41) is 9.95. The Morgan fingerprint density at radius 1 is 1.31 bits per heavy atom. The monoisotopic (exact) mass is 261 g/mol. The molecule has 0 aliphatic rings. The lowest BCUT2D eigenvalue weighted by molar-refractivity contribution is -0.148. The molecule has 0 radical (unpaired) electrons. The predicted molar refractivity (Wildman–Crippen MR) is 64.8 cm³/mol. The lowest BCUT2D eigenvalue weighted by Crippen LogP contribution is -2.36. The molecule has 0 spiro atoms. The first-order valence-electron chi connectivity index (χ1n) is 4.70. The molecule has 0 heterocycles. The minimum atomic E-state index is -1.08. The van der Waals surface area contributed by atoms with Crippen molar-refractivity contribution in [2.75, 3.05) is 0 Å². The Balaban J connectivity index is 3.14. The minimum absolute atomic E-state index is 0.444. The molecule has 0 amide bonds. The second kappa shape index (κ2) is 4.62. The molecular formula is C11H13Cl2NO2. The molecule has 5 heteroatoms. The quantitative estimate of drug-likeness (QED) is 0.879. The first-order chi connectivity index (χ1) is 7.25. The van der Waals surface area contributed by atoms with Crippen LogP contribution in [0.25, 0.3) is 0 Å². The molecule has 3 N–H and O–H groups in total. The molecule has 0 saturated heterocycles. The van der Waals surface area contributed by atoms with Crippen molar-refractivity contribution in [3.63, 3.8) is 0 Å². The average molecular weight is 262 g/mol. The summed E-state index contributed by atoms with van der Waals surface area (Å²) < 4.78 is 0. The zero-order chi connectivity index (χ0) is 12.5. The fourth-order valence-corrected chi connectivity index (χ4v) is 1.85. The van der Waals surface area contributed by atoms with E-state index in [1.807, 2.05) is 0 Å². The molecule has 1 aromatic carbocycles. The second-order valence-electron chi connectivity index (χ2n) is 4.21. The summed E-state index contributed by atoms with van der Waals surface area (Å²) in [4.78, 5) is 11.1. The summed E-state index contributed by atoms with van der Waals surface area (Å²) in [5.74, 6) is -0.962. The molecule has 0 aliphatic carbocycles. The van der Waals surface area contributed by atoms with Gasteiger partial charge in [0.15, 0.2) is 0 Å². The largest absolute Gasteiger partial charge is 0.481 e. The van der Waals surface area contributed by atoms with Crippen molar-refractivity contribution in [3.8, 4) is 0 Å². The second-order valence-corrected chi connectivity index (χ2v) is 5.08. The topological polar surface area (TPSA) is 63.3 Å². The maximum absolute atomic E-state index is 11.1. The molecule has 0 bridgehead atoms. The lowest BCUT2D eigenvalue weighted by atomic mass is 9.81. The van der Waals surface area contributed by atoms with E-state index in [1.165, 1.54) is 0 Å². The van der Waals surface area contributed by atoms with E-state index < -0.39 is 17.4 Å². The molecule has 3 nitrogen and oxygen atoms in total. The van der Waals surface area contributed by atoms with Crippen LogP contribution in [0.5, 0.6) is 0 Å². The lowest BCUT2D eigenvalue weighted by Gasteiger charge is -2.27. The molecule has 88 valence electrons. The summed E-state index contributed by atoms with van der Waals surface area (Å²) >= 11 is 11.7. The van der Waals surface area contributed by atoms with Crippen LogP contribution in [-0.2, 0) is 4.79 Å². The number of carboxylic acids is 1. The third-order valence-electron chi connectivity index (χ3n) is 2.57. The molecule has 0 unspecified atom stereocenters. The van der Waals surface area contributed by atoms with E-state index in [-0.39, 0.29) is 0 Å². The molecule has 1 aromatic rings. The van der Waals surface area contributed by atoms with E-state index >= 15 is 0 Å². The number of aliphatic carboxylic acids is 1. The van der Waals surface area contributed by atoms with Crippen molar-refractivity contribution in [2.45, 2.75) is 19.9 Å². The molecule has 0 aromatic heterocycles. The van der Waals surface area contributed by atoms with Gasteiger partial charge in [-0.15, -0.1) is 0 Å². The Labute approximate surface area is 104 Å². The van der Waals surface area contributed by atoms with E-state index in [0.29, 0.717) is 15.6 Å². The van der Waals surface area contributed by atoms with Crippen LogP contribution in [0, 0.1) is 5.41 Å².